The molecule has 2 fully saturated rings. The van der Waals surface area contributed by atoms with Gasteiger partial charge in [-0.3, -0.25) is 4.90 Å². The van der Waals surface area contributed by atoms with Crippen molar-refractivity contribution in [1.82, 2.24) is 4.90 Å². The normalized spacial score (nSPS) is 25.8. The van der Waals surface area contributed by atoms with Gasteiger partial charge in [0.2, 0.25) is 0 Å². The van der Waals surface area contributed by atoms with E-state index in [1.54, 1.807) is 0 Å². The number of ether oxygens (including phenoxy) is 2. The summed E-state index contributed by atoms with van der Waals surface area (Å²) in [6.07, 6.45) is 1.85. The van der Waals surface area contributed by atoms with Crippen molar-refractivity contribution in [3.8, 4) is 5.75 Å². The Balaban J connectivity index is 1.65. The van der Waals surface area contributed by atoms with Crippen molar-refractivity contribution >= 4 is 0 Å². The fourth-order valence-corrected chi connectivity index (χ4v) is 4.09. The zero-order chi connectivity index (χ0) is 18.0. The van der Waals surface area contributed by atoms with Gasteiger partial charge < -0.3 is 20.3 Å². The van der Waals surface area contributed by atoms with E-state index in [0.717, 1.165) is 18.9 Å². The average Bonchev–Trinajstić information content (AvgIpc) is 2.63. The summed E-state index contributed by atoms with van der Waals surface area (Å²) >= 11 is 0. The first kappa shape index (κ1) is 18.5. The molecule has 0 bridgehead atoms. The molecule has 1 spiro atoms. The first-order valence-electron chi connectivity index (χ1n) is 8.75. The van der Waals surface area contributed by atoms with Crippen LogP contribution in [0, 0.1) is 17.0 Å². The quantitative estimate of drug-likeness (QED) is 0.812. The molecule has 3 N–H and O–H groups in total. The van der Waals surface area contributed by atoms with Gasteiger partial charge in [0.25, 0.3) is 0 Å². The first-order chi connectivity index (χ1) is 12.0. The molecule has 0 unspecified atom stereocenters. The van der Waals surface area contributed by atoms with E-state index in [1.807, 2.05) is 0 Å². The van der Waals surface area contributed by atoms with Crippen molar-refractivity contribution < 1.29 is 23.4 Å². The number of rotatable bonds is 6. The number of aliphatic hydroxyl groups excluding tert-OH is 1. The standard InChI is InChI=1S/C18H26F2N2O3/c1-24-14-3-2-13(19)17(20)12(14)11-22-7-4-18(5-8-22)15(23)10-16(18)25-9-6-21/h2-3,15-16,23H,4-11,21H2,1H3/t15-,16+/m1/s1. The predicted molar refractivity (Wildman–Crippen MR) is 89.3 cm³/mol. The first-order valence-corrected chi connectivity index (χ1v) is 8.75. The second kappa shape index (κ2) is 7.53. The number of piperidine rings is 1. The highest BCUT2D eigenvalue weighted by molar-refractivity contribution is 5.35. The molecule has 1 aromatic carbocycles. The van der Waals surface area contributed by atoms with Gasteiger partial charge in [-0.25, -0.2) is 8.78 Å². The van der Waals surface area contributed by atoms with Gasteiger partial charge in [-0.2, -0.15) is 0 Å². The average molecular weight is 356 g/mol. The maximum Gasteiger partial charge on any atom is 0.167 e. The van der Waals surface area contributed by atoms with Crippen LogP contribution >= 0.6 is 0 Å². The highest BCUT2D eigenvalue weighted by atomic mass is 19.2. The molecular weight excluding hydrogens is 330 g/mol. The lowest BCUT2D eigenvalue weighted by Gasteiger charge is -2.56. The monoisotopic (exact) mass is 356 g/mol. The van der Waals surface area contributed by atoms with Crippen LogP contribution < -0.4 is 10.5 Å². The Hall–Kier alpha value is -1.28. The number of nitrogens with zero attached hydrogens (tertiary/aromatic N) is 1. The molecule has 140 valence electrons. The van der Waals surface area contributed by atoms with Crippen LogP contribution in [0.25, 0.3) is 0 Å². The number of halogens is 2. The second-order valence-corrected chi connectivity index (χ2v) is 6.95. The summed E-state index contributed by atoms with van der Waals surface area (Å²) in [4.78, 5) is 2.07. The third-order valence-electron chi connectivity index (χ3n) is 5.72. The van der Waals surface area contributed by atoms with Crippen LogP contribution in [0.15, 0.2) is 12.1 Å². The molecule has 0 aromatic heterocycles. The summed E-state index contributed by atoms with van der Waals surface area (Å²) in [7, 11) is 1.45. The SMILES string of the molecule is COc1ccc(F)c(F)c1CN1CCC2(CC1)[C@H](O)C[C@@H]2OCCN. The molecule has 1 aromatic rings. The molecule has 1 heterocycles. The third-order valence-corrected chi connectivity index (χ3v) is 5.72. The zero-order valence-corrected chi connectivity index (χ0v) is 14.5. The molecule has 0 radical (unpaired) electrons. The predicted octanol–water partition coefficient (Wildman–Crippen LogP) is 1.66. The maximum atomic E-state index is 14.1. The van der Waals surface area contributed by atoms with Gasteiger partial charge in [0.15, 0.2) is 11.6 Å². The number of aliphatic hydroxyl groups is 1. The fourth-order valence-electron chi connectivity index (χ4n) is 4.09. The van der Waals surface area contributed by atoms with E-state index in [9.17, 15) is 13.9 Å². The van der Waals surface area contributed by atoms with Gasteiger partial charge in [0.05, 0.1) is 25.9 Å². The van der Waals surface area contributed by atoms with Gasteiger partial charge in [-0.05, 0) is 38.1 Å². The molecule has 7 heteroatoms. The lowest BCUT2D eigenvalue weighted by Crippen LogP contribution is -2.62. The Kier molecular flexibility index (Phi) is 5.58. The Morgan fingerprint density at radius 1 is 1.32 bits per heavy atom. The topological polar surface area (TPSA) is 68.0 Å². The van der Waals surface area contributed by atoms with E-state index in [4.69, 9.17) is 15.2 Å². The number of nitrogens with two attached hydrogens (primary N) is 1. The smallest absolute Gasteiger partial charge is 0.167 e. The molecule has 25 heavy (non-hydrogen) atoms. The summed E-state index contributed by atoms with van der Waals surface area (Å²) in [6.45, 7) is 2.63. The minimum absolute atomic E-state index is 0.0358. The van der Waals surface area contributed by atoms with Crippen molar-refractivity contribution in [1.29, 1.82) is 0 Å². The third kappa shape index (κ3) is 3.38. The van der Waals surface area contributed by atoms with Crippen molar-refractivity contribution in [2.45, 2.75) is 38.0 Å². The Labute approximate surface area is 146 Å². The molecule has 1 aliphatic heterocycles. The summed E-state index contributed by atoms with van der Waals surface area (Å²) in [6, 6.07) is 2.53. The lowest BCUT2D eigenvalue weighted by molar-refractivity contribution is -0.210. The molecule has 1 aliphatic carbocycles. The summed E-state index contributed by atoms with van der Waals surface area (Å²) in [5.41, 5.74) is 5.51. The van der Waals surface area contributed by atoms with E-state index in [1.165, 1.54) is 13.2 Å². The van der Waals surface area contributed by atoms with E-state index < -0.39 is 11.6 Å². The second-order valence-electron chi connectivity index (χ2n) is 6.95. The van der Waals surface area contributed by atoms with Crippen LogP contribution in [0.4, 0.5) is 8.78 Å². The molecule has 1 saturated heterocycles. The summed E-state index contributed by atoms with van der Waals surface area (Å²) < 4.78 is 38.6. The molecular formula is C18H26F2N2O3. The van der Waals surface area contributed by atoms with Crippen LogP contribution in [0.1, 0.15) is 24.8 Å². The molecule has 3 rings (SSSR count). The maximum absolute atomic E-state index is 14.1. The van der Waals surface area contributed by atoms with E-state index in [2.05, 4.69) is 4.90 Å². The highest BCUT2D eigenvalue weighted by Crippen LogP contribution is 2.51. The van der Waals surface area contributed by atoms with Crippen molar-refractivity contribution in [3.05, 3.63) is 29.3 Å². The van der Waals surface area contributed by atoms with Gasteiger partial charge in [-0.1, -0.05) is 0 Å². The molecule has 2 atom stereocenters. The minimum Gasteiger partial charge on any atom is -0.496 e. The van der Waals surface area contributed by atoms with Gasteiger partial charge in [0.1, 0.15) is 5.75 Å². The van der Waals surface area contributed by atoms with Gasteiger partial charge >= 0.3 is 0 Å². The van der Waals surface area contributed by atoms with Crippen LogP contribution in [-0.2, 0) is 11.3 Å². The Morgan fingerprint density at radius 3 is 2.64 bits per heavy atom. The number of likely N-dealkylation sites (tertiary alicyclic amines) is 1. The van der Waals surface area contributed by atoms with E-state index in [-0.39, 0.29) is 29.7 Å². The van der Waals surface area contributed by atoms with Crippen molar-refractivity contribution in [2.75, 3.05) is 33.4 Å². The minimum atomic E-state index is -0.867. The molecule has 5 nitrogen and oxygen atoms in total. The number of methoxy groups -OCH3 is 1. The molecule has 0 amide bonds. The molecule has 1 saturated carbocycles. The highest BCUT2D eigenvalue weighted by Gasteiger charge is 2.56. The van der Waals surface area contributed by atoms with Crippen molar-refractivity contribution in [2.24, 2.45) is 11.1 Å². The van der Waals surface area contributed by atoms with E-state index >= 15 is 0 Å². The molecule has 2 aliphatic rings. The van der Waals surface area contributed by atoms with E-state index in [0.29, 0.717) is 38.4 Å². The van der Waals surface area contributed by atoms with Crippen LogP contribution in [-0.4, -0.2) is 55.6 Å². The van der Waals surface area contributed by atoms with Gasteiger partial charge in [0, 0.05) is 30.5 Å². The van der Waals surface area contributed by atoms with Crippen LogP contribution in [0.2, 0.25) is 0 Å². The Bertz CT molecular complexity index is 606. The van der Waals surface area contributed by atoms with Gasteiger partial charge in [-0.15, -0.1) is 0 Å². The largest absolute Gasteiger partial charge is 0.496 e. The lowest BCUT2D eigenvalue weighted by atomic mass is 9.58. The number of hydrogen-bond acceptors (Lipinski definition) is 5. The Morgan fingerprint density at radius 2 is 2.04 bits per heavy atom. The fraction of sp³-hybridized carbons (Fsp3) is 0.667. The zero-order valence-electron chi connectivity index (χ0n) is 14.5. The summed E-state index contributed by atoms with van der Waals surface area (Å²) in [5, 5.41) is 10.3. The number of benzene rings is 1. The van der Waals surface area contributed by atoms with Crippen molar-refractivity contribution in [3.63, 3.8) is 0 Å². The number of hydrogen-bond donors (Lipinski definition) is 2. The summed E-state index contributed by atoms with van der Waals surface area (Å²) in [5.74, 6) is -1.37. The van der Waals surface area contributed by atoms with Crippen LogP contribution in [0.3, 0.4) is 0 Å². The van der Waals surface area contributed by atoms with Crippen LogP contribution in [0.5, 0.6) is 5.75 Å².